The Morgan fingerprint density at radius 3 is 3.21 bits per heavy atom. The number of aliphatic carboxylic acids is 1. The number of carbonyl (C=O) groups is 1. The minimum atomic E-state index is -0.751. The van der Waals surface area contributed by atoms with Gasteiger partial charge in [-0.25, -0.2) is 4.98 Å². The van der Waals surface area contributed by atoms with Crippen molar-refractivity contribution in [3.8, 4) is 0 Å². The molecule has 6 heteroatoms. The summed E-state index contributed by atoms with van der Waals surface area (Å²) < 4.78 is 0. The van der Waals surface area contributed by atoms with Gasteiger partial charge in [0.15, 0.2) is 5.16 Å². The zero-order chi connectivity index (χ0) is 13.7. The summed E-state index contributed by atoms with van der Waals surface area (Å²) in [4.78, 5) is 18.9. The van der Waals surface area contributed by atoms with Crippen LogP contribution in [0.15, 0.2) is 17.6 Å². The maximum atomic E-state index is 11.6. The van der Waals surface area contributed by atoms with Crippen molar-refractivity contribution in [3.63, 3.8) is 0 Å². The van der Waals surface area contributed by atoms with Crippen molar-refractivity contribution in [1.29, 1.82) is 0 Å². The summed E-state index contributed by atoms with van der Waals surface area (Å²) in [6.45, 7) is 2.81. The van der Waals surface area contributed by atoms with Crippen LogP contribution >= 0.6 is 11.8 Å². The van der Waals surface area contributed by atoms with Crippen LogP contribution in [0.2, 0.25) is 0 Å². The van der Waals surface area contributed by atoms with Crippen molar-refractivity contribution in [2.45, 2.75) is 55.0 Å². The number of rotatable bonds is 6. The largest absolute Gasteiger partial charge is 0.480 e. The summed E-state index contributed by atoms with van der Waals surface area (Å²) >= 11 is 1.65. The molecule has 1 fully saturated rings. The first-order valence-corrected chi connectivity index (χ1v) is 7.69. The summed E-state index contributed by atoms with van der Waals surface area (Å²) in [5.74, 6) is -0.717. The van der Waals surface area contributed by atoms with Gasteiger partial charge in [0.1, 0.15) is 5.54 Å². The molecule has 0 amide bonds. The van der Waals surface area contributed by atoms with Crippen LogP contribution in [-0.2, 0) is 4.79 Å². The van der Waals surface area contributed by atoms with Crippen LogP contribution < -0.4 is 5.32 Å². The van der Waals surface area contributed by atoms with E-state index in [1.54, 1.807) is 24.2 Å². The highest BCUT2D eigenvalue weighted by atomic mass is 32.2. The number of H-pyrrole nitrogens is 1. The van der Waals surface area contributed by atoms with Gasteiger partial charge in [-0.3, -0.25) is 4.79 Å². The van der Waals surface area contributed by atoms with E-state index in [0.717, 1.165) is 37.4 Å². The van der Waals surface area contributed by atoms with Crippen molar-refractivity contribution < 1.29 is 9.90 Å². The minimum Gasteiger partial charge on any atom is -0.480 e. The number of carboxylic acid groups (broad SMARTS) is 1. The van der Waals surface area contributed by atoms with E-state index in [2.05, 4.69) is 22.2 Å². The Hall–Kier alpha value is -1.01. The predicted molar refractivity (Wildman–Crippen MR) is 75.4 cm³/mol. The van der Waals surface area contributed by atoms with Crippen LogP contribution in [0.4, 0.5) is 0 Å². The monoisotopic (exact) mass is 283 g/mol. The molecule has 3 N–H and O–H groups in total. The number of aromatic amines is 1. The molecule has 1 saturated carbocycles. The van der Waals surface area contributed by atoms with Gasteiger partial charge in [0.2, 0.25) is 0 Å². The van der Waals surface area contributed by atoms with E-state index in [9.17, 15) is 9.90 Å². The smallest absolute Gasteiger partial charge is 0.323 e. The average molecular weight is 283 g/mol. The van der Waals surface area contributed by atoms with E-state index < -0.39 is 11.5 Å². The Morgan fingerprint density at radius 1 is 1.74 bits per heavy atom. The van der Waals surface area contributed by atoms with E-state index in [4.69, 9.17) is 0 Å². The number of hydrogen-bond acceptors (Lipinski definition) is 4. The highest BCUT2D eigenvalue weighted by Gasteiger charge is 2.42. The van der Waals surface area contributed by atoms with Crippen molar-refractivity contribution in [1.82, 2.24) is 15.3 Å². The van der Waals surface area contributed by atoms with Gasteiger partial charge in [-0.2, -0.15) is 0 Å². The zero-order valence-corrected chi connectivity index (χ0v) is 12.0. The van der Waals surface area contributed by atoms with Crippen molar-refractivity contribution >= 4 is 17.7 Å². The number of thioether (sulfide) groups is 1. The molecule has 0 spiro atoms. The molecule has 2 atom stereocenters. The zero-order valence-electron chi connectivity index (χ0n) is 11.2. The predicted octanol–water partition coefficient (Wildman–Crippen LogP) is 2.27. The molecule has 2 unspecified atom stereocenters. The molecule has 0 bridgehead atoms. The second-order valence-electron chi connectivity index (χ2n) is 5.04. The van der Waals surface area contributed by atoms with Crippen molar-refractivity contribution in [3.05, 3.63) is 12.4 Å². The van der Waals surface area contributed by atoms with Gasteiger partial charge < -0.3 is 15.4 Å². The van der Waals surface area contributed by atoms with E-state index in [-0.39, 0.29) is 0 Å². The SMILES string of the molecule is CCCNC1(C(=O)O)CCCC(Sc2ncc[nH]2)C1. The lowest BCUT2D eigenvalue weighted by Crippen LogP contribution is -2.55. The maximum Gasteiger partial charge on any atom is 0.323 e. The molecule has 106 valence electrons. The third-order valence-corrected chi connectivity index (χ3v) is 4.76. The molecule has 1 aromatic heterocycles. The average Bonchev–Trinajstić information content (AvgIpc) is 2.89. The fourth-order valence-electron chi connectivity index (χ4n) is 2.59. The number of imidazole rings is 1. The lowest BCUT2D eigenvalue weighted by molar-refractivity contribution is -0.146. The fraction of sp³-hybridized carbons (Fsp3) is 0.692. The Labute approximate surface area is 117 Å². The molecule has 1 aromatic rings. The van der Waals surface area contributed by atoms with E-state index in [1.165, 1.54) is 0 Å². The molecule has 1 heterocycles. The summed E-state index contributed by atoms with van der Waals surface area (Å²) in [6.07, 6.45) is 7.85. The summed E-state index contributed by atoms with van der Waals surface area (Å²) in [5, 5.41) is 14.0. The van der Waals surface area contributed by atoms with Crippen molar-refractivity contribution in [2.75, 3.05) is 6.54 Å². The fourth-order valence-corrected chi connectivity index (χ4v) is 3.82. The van der Waals surface area contributed by atoms with Gasteiger partial charge in [0.05, 0.1) is 0 Å². The quantitative estimate of drug-likeness (QED) is 0.746. The number of nitrogens with zero attached hydrogens (tertiary/aromatic N) is 1. The Morgan fingerprint density at radius 2 is 2.58 bits per heavy atom. The second-order valence-corrected chi connectivity index (χ2v) is 6.33. The van der Waals surface area contributed by atoms with Crippen LogP contribution in [0, 0.1) is 0 Å². The van der Waals surface area contributed by atoms with Gasteiger partial charge in [-0.15, -0.1) is 0 Å². The number of aromatic nitrogens is 2. The third kappa shape index (κ3) is 3.51. The first-order chi connectivity index (χ1) is 9.16. The van der Waals surface area contributed by atoms with Crippen molar-refractivity contribution in [2.24, 2.45) is 0 Å². The van der Waals surface area contributed by atoms with Crippen LogP contribution in [0.25, 0.3) is 0 Å². The molecule has 0 radical (unpaired) electrons. The number of carboxylic acids is 1. The van der Waals surface area contributed by atoms with Gasteiger partial charge in [0.25, 0.3) is 0 Å². The van der Waals surface area contributed by atoms with Crippen LogP contribution in [-0.4, -0.2) is 38.4 Å². The van der Waals surface area contributed by atoms with Crippen LogP contribution in [0.5, 0.6) is 0 Å². The number of nitrogens with one attached hydrogen (secondary N) is 2. The number of hydrogen-bond donors (Lipinski definition) is 3. The highest BCUT2D eigenvalue weighted by Crippen LogP contribution is 2.37. The van der Waals surface area contributed by atoms with E-state index >= 15 is 0 Å². The van der Waals surface area contributed by atoms with E-state index in [0.29, 0.717) is 11.7 Å². The molecule has 2 rings (SSSR count). The molecule has 5 nitrogen and oxygen atoms in total. The molecule has 1 aliphatic carbocycles. The Bertz CT molecular complexity index is 410. The first kappa shape index (κ1) is 14.4. The highest BCUT2D eigenvalue weighted by molar-refractivity contribution is 7.99. The standard InChI is InChI=1S/C13H21N3O2S/c1-2-6-16-13(11(17)18)5-3-4-10(9-13)19-12-14-7-8-15-12/h7-8,10,16H,2-6,9H2,1H3,(H,14,15)(H,17,18). The maximum absolute atomic E-state index is 11.6. The molecule has 0 saturated heterocycles. The third-order valence-electron chi connectivity index (χ3n) is 3.58. The van der Waals surface area contributed by atoms with Gasteiger partial charge in [0, 0.05) is 17.6 Å². The minimum absolute atomic E-state index is 0.306. The lowest BCUT2D eigenvalue weighted by atomic mass is 9.81. The molecule has 0 aromatic carbocycles. The molecule has 19 heavy (non-hydrogen) atoms. The molecule has 0 aliphatic heterocycles. The summed E-state index contributed by atoms with van der Waals surface area (Å²) in [5.41, 5.74) is -0.751. The van der Waals surface area contributed by atoms with Gasteiger partial charge in [-0.1, -0.05) is 18.7 Å². The molecular weight excluding hydrogens is 262 g/mol. The summed E-state index contributed by atoms with van der Waals surface area (Å²) in [6, 6.07) is 0. The normalized spacial score (nSPS) is 27.3. The molecule has 1 aliphatic rings. The second kappa shape index (κ2) is 6.43. The lowest BCUT2D eigenvalue weighted by Gasteiger charge is -2.37. The van der Waals surface area contributed by atoms with Gasteiger partial charge >= 0.3 is 5.97 Å². The van der Waals surface area contributed by atoms with Crippen LogP contribution in [0.1, 0.15) is 39.0 Å². The van der Waals surface area contributed by atoms with Crippen LogP contribution in [0.3, 0.4) is 0 Å². The topological polar surface area (TPSA) is 78.0 Å². The Kier molecular flexibility index (Phi) is 4.87. The Balaban J connectivity index is 2.02. The molecular formula is C13H21N3O2S. The van der Waals surface area contributed by atoms with E-state index in [1.807, 2.05) is 0 Å². The summed E-state index contributed by atoms with van der Waals surface area (Å²) in [7, 11) is 0. The van der Waals surface area contributed by atoms with Gasteiger partial charge in [-0.05, 0) is 38.6 Å². The first-order valence-electron chi connectivity index (χ1n) is 6.81.